The number of fused-ring (bicyclic) bond motifs is 3. The van der Waals surface area contributed by atoms with Crippen LogP contribution in [0.15, 0.2) is 36.4 Å². The summed E-state index contributed by atoms with van der Waals surface area (Å²) in [6.07, 6.45) is 0.187. The van der Waals surface area contributed by atoms with E-state index in [9.17, 15) is 8.78 Å². The summed E-state index contributed by atoms with van der Waals surface area (Å²) in [4.78, 5) is 0. The Morgan fingerprint density at radius 1 is 1.00 bits per heavy atom. The van der Waals surface area contributed by atoms with E-state index in [4.69, 9.17) is 4.74 Å². The van der Waals surface area contributed by atoms with Crippen LogP contribution < -0.4 is 0 Å². The SMILES string of the molecule is Fc1ccc2c(c1)c1ccc(F)cc1n2CC1CO1. The van der Waals surface area contributed by atoms with Crippen LogP contribution in [0, 0.1) is 11.6 Å². The van der Waals surface area contributed by atoms with Crippen molar-refractivity contribution in [1.29, 1.82) is 0 Å². The Labute approximate surface area is 108 Å². The van der Waals surface area contributed by atoms with Gasteiger partial charge in [-0.05, 0) is 36.4 Å². The van der Waals surface area contributed by atoms with Crippen molar-refractivity contribution in [2.45, 2.75) is 12.6 Å². The minimum Gasteiger partial charge on any atom is -0.371 e. The van der Waals surface area contributed by atoms with Crippen molar-refractivity contribution in [1.82, 2.24) is 4.57 Å². The van der Waals surface area contributed by atoms with E-state index >= 15 is 0 Å². The summed E-state index contributed by atoms with van der Waals surface area (Å²) in [5.74, 6) is -0.563. The van der Waals surface area contributed by atoms with Crippen LogP contribution in [0.4, 0.5) is 8.78 Å². The van der Waals surface area contributed by atoms with Crippen LogP contribution in [-0.4, -0.2) is 17.3 Å². The average Bonchev–Trinajstić information content (AvgIpc) is 3.15. The Morgan fingerprint density at radius 2 is 1.74 bits per heavy atom. The van der Waals surface area contributed by atoms with Gasteiger partial charge in [-0.2, -0.15) is 0 Å². The maximum atomic E-state index is 13.5. The van der Waals surface area contributed by atoms with Crippen molar-refractivity contribution in [2.75, 3.05) is 6.61 Å². The molecule has 2 aromatic carbocycles. The second-order valence-corrected chi connectivity index (χ2v) is 4.89. The number of ether oxygens (including phenoxy) is 1. The molecule has 2 nitrogen and oxygen atoms in total. The van der Waals surface area contributed by atoms with E-state index in [2.05, 4.69) is 0 Å². The van der Waals surface area contributed by atoms with Crippen LogP contribution in [0.5, 0.6) is 0 Å². The number of rotatable bonds is 2. The van der Waals surface area contributed by atoms with E-state index in [1.165, 1.54) is 24.3 Å². The van der Waals surface area contributed by atoms with E-state index in [0.717, 1.165) is 28.4 Å². The van der Waals surface area contributed by atoms with Gasteiger partial charge in [0.05, 0.1) is 24.8 Å². The van der Waals surface area contributed by atoms with Crippen LogP contribution in [-0.2, 0) is 11.3 Å². The van der Waals surface area contributed by atoms with Gasteiger partial charge in [-0.3, -0.25) is 0 Å². The molecule has 0 radical (unpaired) electrons. The summed E-state index contributed by atoms with van der Waals surface area (Å²) in [6, 6.07) is 9.28. The van der Waals surface area contributed by atoms with Crippen LogP contribution in [0.3, 0.4) is 0 Å². The van der Waals surface area contributed by atoms with Gasteiger partial charge in [-0.25, -0.2) is 8.78 Å². The molecule has 2 heterocycles. The molecule has 0 saturated carbocycles. The van der Waals surface area contributed by atoms with Crippen LogP contribution in [0.2, 0.25) is 0 Å². The lowest BCUT2D eigenvalue weighted by atomic mass is 10.1. The normalized spacial score (nSPS) is 18.3. The van der Waals surface area contributed by atoms with E-state index in [-0.39, 0.29) is 17.7 Å². The fourth-order valence-electron chi connectivity index (χ4n) is 2.62. The largest absolute Gasteiger partial charge is 0.371 e. The van der Waals surface area contributed by atoms with Gasteiger partial charge in [0.1, 0.15) is 11.6 Å². The molecule has 1 aliphatic heterocycles. The molecule has 0 amide bonds. The number of halogens is 2. The quantitative estimate of drug-likeness (QED) is 0.644. The van der Waals surface area contributed by atoms with Crippen LogP contribution >= 0.6 is 0 Å². The number of hydrogen-bond acceptors (Lipinski definition) is 1. The molecule has 1 saturated heterocycles. The second-order valence-electron chi connectivity index (χ2n) is 4.89. The molecule has 1 unspecified atom stereocenters. The molecule has 4 heteroatoms. The summed E-state index contributed by atoms with van der Waals surface area (Å²) in [5.41, 5.74) is 1.70. The molecule has 1 atom stereocenters. The Bertz CT molecular complexity index is 790. The molecule has 19 heavy (non-hydrogen) atoms. The van der Waals surface area contributed by atoms with Crippen LogP contribution in [0.25, 0.3) is 21.8 Å². The monoisotopic (exact) mass is 259 g/mol. The van der Waals surface area contributed by atoms with Gasteiger partial charge in [0, 0.05) is 16.3 Å². The summed E-state index contributed by atoms with van der Waals surface area (Å²) in [7, 11) is 0. The molecular formula is C15H11F2NO. The Morgan fingerprint density at radius 3 is 2.53 bits per heavy atom. The molecule has 0 bridgehead atoms. The van der Waals surface area contributed by atoms with Gasteiger partial charge in [-0.1, -0.05) is 0 Å². The van der Waals surface area contributed by atoms with Gasteiger partial charge in [0.15, 0.2) is 0 Å². The molecule has 1 fully saturated rings. The molecule has 96 valence electrons. The first-order chi connectivity index (χ1) is 9.22. The fourth-order valence-corrected chi connectivity index (χ4v) is 2.62. The first-order valence-electron chi connectivity index (χ1n) is 6.21. The number of aromatic nitrogens is 1. The van der Waals surface area contributed by atoms with E-state index in [1.54, 1.807) is 12.1 Å². The smallest absolute Gasteiger partial charge is 0.125 e. The lowest BCUT2D eigenvalue weighted by Gasteiger charge is -2.04. The first kappa shape index (κ1) is 10.9. The van der Waals surface area contributed by atoms with Crippen molar-refractivity contribution in [3.63, 3.8) is 0 Å². The molecule has 0 N–H and O–H groups in total. The van der Waals surface area contributed by atoms with Gasteiger partial charge >= 0.3 is 0 Å². The average molecular weight is 259 g/mol. The number of nitrogens with zero attached hydrogens (tertiary/aromatic N) is 1. The molecule has 1 aliphatic rings. The highest BCUT2D eigenvalue weighted by Crippen LogP contribution is 2.31. The summed E-state index contributed by atoms with van der Waals surface area (Å²) in [6.45, 7) is 1.41. The van der Waals surface area contributed by atoms with Crippen molar-refractivity contribution >= 4 is 21.8 Å². The minimum absolute atomic E-state index is 0.187. The predicted octanol–water partition coefficient (Wildman–Crippen LogP) is 3.47. The van der Waals surface area contributed by atoms with E-state index < -0.39 is 0 Å². The van der Waals surface area contributed by atoms with E-state index in [1.807, 2.05) is 4.57 Å². The summed E-state index contributed by atoms with van der Waals surface area (Å²) >= 11 is 0. The van der Waals surface area contributed by atoms with Crippen molar-refractivity contribution in [2.24, 2.45) is 0 Å². The van der Waals surface area contributed by atoms with Crippen molar-refractivity contribution in [3.05, 3.63) is 48.0 Å². The molecule has 3 aromatic rings. The minimum atomic E-state index is -0.284. The maximum absolute atomic E-state index is 13.5. The second kappa shape index (κ2) is 3.78. The molecule has 0 aliphatic carbocycles. The highest BCUT2D eigenvalue weighted by Gasteiger charge is 2.25. The number of epoxide rings is 1. The zero-order valence-corrected chi connectivity index (χ0v) is 10.1. The van der Waals surface area contributed by atoms with Crippen LogP contribution in [0.1, 0.15) is 0 Å². The maximum Gasteiger partial charge on any atom is 0.125 e. The lowest BCUT2D eigenvalue weighted by Crippen LogP contribution is -2.03. The Balaban J connectivity index is 2.09. The zero-order valence-electron chi connectivity index (χ0n) is 10.1. The third-order valence-electron chi connectivity index (χ3n) is 3.58. The zero-order chi connectivity index (χ0) is 13.0. The summed E-state index contributed by atoms with van der Waals surface area (Å²) < 4.78 is 34.1. The van der Waals surface area contributed by atoms with Crippen molar-refractivity contribution in [3.8, 4) is 0 Å². The molecule has 0 spiro atoms. The lowest BCUT2D eigenvalue weighted by molar-refractivity contribution is 0.387. The topological polar surface area (TPSA) is 17.5 Å². The fraction of sp³-hybridized carbons (Fsp3) is 0.200. The van der Waals surface area contributed by atoms with Crippen molar-refractivity contribution < 1.29 is 13.5 Å². The first-order valence-corrected chi connectivity index (χ1v) is 6.21. The Kier molecular flexibility index (Phi) is 2.17. The van der Waals surface area contributed by atoms with E-state index in [0.29, 0.717) is 6.54 Å². The van der Waals surface area contributed by atoms with Gasteiger partial charge in [-0.15, -0.1) is 0 Å². The molecular weight excluding hydrogens is 248 g/mol. The molecule has 4 rings (SSSR count). The molecule has 1 aromatic heterocycles. The highest BCUT2D eigenvalue weighted by molar-refractivity contribution is 6.08. The summed E-state index contributed by atoms with van der Waals surface area (Å²) in [5, 5.41) is 1.69. The standard InChI is InChI=1S/C15H11F2NO/c16-9-2-4-14-13(5-9)12-3-1-10(17)6-15(12)18(14)7-11-8-19-11/h1-6,11H,7-8H2. The van der Waals surface area contributed by atoms with Gasteiger partial charge in [0.25, 0.3) is 0 Å². The number of benzene rings is 2. The highest BCUT2D eigenvalue weighted by atomic mass is 19.1. The Hall–Kier alpha value is -1.94. The third-order valence-corrected chi connectivity index (χ3v) is 3.58. The van der Waals surface area contributed by atoms with Gasteiger partial charge < -0.3 is 9.30 Å². The third kappa shape index (κ3) is 1.71. The number of hydrogen-bond donors (Lipinski definition) is 0. The van der Waals surface area contributed by atoms with Gasteiger partial charge in [0.2, 0.25) is 0 Å². The predicted molar refractivity (Wildman–Crippen MR) is 69.1 cm³/mol.